The third-order valence-electron chi connectivity index (χ3n) is 4.33. The molecule has 2 N–H and O–H groups in total. The Labute approximate surface area is 139 Å². The number of phenols is 1. The molecule has 1 amide bonds. The van der Waals surface area contributed by atoms with Gasteiger partial charge >= 0.3 is 10.2 Å². The SMILES string of the molecule is CN(C)C1CC=C(c2ccc(O)c(N3CC(=O)NS3(=O)=O)c2F)C1. The van der Waals surface area contributed by atoms with Gasteiger partial charge in [-0.25, -0.2) is 13.4 Å². The fourth-order valence-electron chi connectivity index (χ4n) is 3.00. The van der Waals surface area contributed by atoms with Gasteiger partial charge in [-0.05, 0) is 44.6 Å². The fraction of sp³-hybridized carbons (Fsp3) is 0.400. The van der Waals surface area contributed by atoms with Crippen LogP contribution in [-0.2, 0) is 15.0 Å². The van der Waals surface area contributed by atoms with Crippen molar-refractivity contribution in [1.29, 1.82) is 0 Å². The number of hydrogen-bond donors (Lipinski definition) is 2. The van der Waals surface area contributed by atoms with Crippen LogP contribution in [0.3, 0.4) is 0 Å². The summed E-state index contributed by atoms with van der Waals surface area (Å²) >= 11 is 0. The molecule has 0 aromatic heterocycles. The molecule has 1 aliphatic carbocycles. The van der Waals surface area contributed by atoms with E-state index >= 15 is 0 Å². The fourth-order valence-corrected chi connectivity index (χ4v) is 4.16. The number of phenolic OH excluding ortho intramolecular Hbond substituents is 1. The van der Waals surface area contributed by atoms with Crippen LogP contribution in [0.25, 0.3) is 5.57 Å². The van der Waals surface area contributed by atoms with E-state index in [1.807, 2.05) is 25.1 Å². The van der Waals surface area contributed by atoms with Crippen molar-refractivity contribution >= 4 is 27.4 Å². The Morgan fingerprint density at radius 1 is 1.38 bits per heavy atom. The van der Waals surface area contributed by atoms with Crippen LogP contribution >= 0.6 is 0 Å². The molecule has 1 aromatic carbocycles. The molecule has 1 aliphatic heterocycles. The molecule has 1 atom stereocenters. The maximum absolute atomic E-state index is 15.0. The van der Waals surface area contributed by atoms with Crippen LogP contribution < -0.4 is 9.03 Å². The third-order valence-corrected chi connectivity index (χ3v) is 5.71. The van der Waals surface area contributed by atoms with E-state index < -0.39 is 39.9 Å². The van der Waals surface area contributed by atoms with E-state index in [0.29, 0.717) is 10.7 Å². The number of carbonyl (C=O) groups is 1. The minimum atomic E-state index is -4.19. The van der Waals surface area contributed by atoms with E-state index in [4.69, 9.17) is 0 Å². The smallest absolute Gasteiger partial charge is 0.326 e. The van der Waals surface area contributed by atoms with E-state index in [9.17, 15) is 22.7 Å². The Bertz CT molecular complexity index is 835. The lowest BCUT2D eigenvalue weighted by Crippen LogP contribution is -2.30. The summed E-state index contributed by atoms with van der Waals surface area (Å²) in [5.41, 5.74) is 0.491. The Hall–Kier alpha value is -2.13. The zero-order valence-electron chi connectivity index (χ0n) is 13.3. The van der Waals surface area contributed by atoms with E-state index in [1.54, 1.807) is 4.72 Å². The maximum Gasteiger partial charge on any atom is 0.326 e. The number of anilines is 1. The van der Waals surface area contributed by atoms with Crippen molar-refractivity contribution in [2.75, 3.05) is 24.9 Å². The quantitative estimate of drug-likeness (QED) is 0.838. The average Bonchev–Trinajstić information content (AvgIpc) is 3.04. The third kappa shape index (κ3) is 2.73. The summed E-state index contributed by atoms with van der Waals surface area (Å²) in [5, 5.41) is 9.96. The van der Waals surface area contributed by atoms with Gasteiger partial charge in [0.2, 0.25) is 0 Å². The molecule has 7 nitrogen and oxygen atoms in total. The Balaban J connectivity index is 2.03. The molecular weight excluding hydrogens is 337 g/mol. The molecule has 1 heterocycles. The number of halogens is 1. The summed E-state index contributed by atoms with van der Waals surface area (Å²) < 4.78 is 41.2. The van der Waals surface area contributed by atoms with Gasteiger partial charge in [-0.3, -0.25) is 4.79 Å². The van der Waals surface area contributed by atoms with Gasteiger partial charge in [0, 0.05) is 11.6 Å². The summed E-state index contributed by atoms with van der Waals surface area (Å²) in [5.74, 6) is -2.15. The first kappa shape index (κ1) is 16.7. The molecule has 0 bridgehead atoms. The van der Waals surface area contributed by atoms with Gasteiger partial charge < -0.3 is 10.0 Å². The molecule has 1 fully saturated rings. The van der Waals surface area contributed by atoms with Gasteiger partial charge in [0.1, 0.15) is 18.0 Å². The van der Waals surface area contributed by atoms with E-state index in [1.165, 1.54) is 12.1 Å². The summed E-state index contributed by atoms with van der Waals surface area (Å²) in [6.45, 7) is -0.560. The predicted octanol–water partition coefficient (Wildman–Crippen LogP) is 0.820. The first-order chi connectivity index (χ1) is 11.2. The van der Waals surface area contributed by atoms with E-state index in [0.717, 1.165) is 12.0 Å². The molecule has 1 unspecified atom stereocenters. The number of nitrogens with zero attached hydrogens (tertiary/aromatic N) is 2. The monoisotopic (exact) mass is 355 g/mol. The molecule has 9 heteroatoms. The summed E-state index contributed by atoms with van der Waals surface area (Å²) in [6.07, 6.45) is 3.30. The van der Waals surface area contributed by atoms with Gasteiger partial charge in [-0.15, -0.1) is 0 Å². The van der Waals surface area contributed by atoms with Gasteiger partial charge in [-0.2, -0.15) is 8.42 Å². The average molecular weight is 355 g/mol. The van der Waals surface area contributed by atoms with Crippen molar-refractivity contribution in [2.45, 2.75) is 18.9 Å². The maximum atomic E-state index is 15.0. The van der Waals surface area contributed by atoms with Crippen molar-refractivity contribution in [1.82, 2.24) is 9.62 Å². The van der Waals surface area contributed by atoms with E-state index in [2.05, 4.69) is 0 Å². The van der Waals surface area contributed by atoms with Crippen molar-refractivity contribution in [3.63, 3.8) is 0 Å². The summed E-state index contributed by atoms with van der Waals surface area (Å²) in [4.78, 5) is 13.4. The highest BCUT2D eigenvalue weighted by molar-refractivity contribution is 7.92. The lowest BCUT2D eigenvalue weighted by Gasteiger charge is -2.21. The van der Waals surface area contributed by atoms with Crippen LogP contribution in [-0.4, -0.2) is 51.0 Å². The highest BCUT2D eigenvalue weighted by Gasteiger charge is 2.38. The largest absolute Gasteiger partial charge is 0.506 e. The number of benzene rings is 1. The van der Waals surface area contributed by atoms with Gasteiger partial charge in [-0.1, -0.05) is 6.08 Å². The second kappa shape index (κ2) is 5.75. The highest BCUT2D eigenvalue weighted by Crippen LogP contribution is 2.40. The zero-order chi connectivity index (χ0) is 17.6. The number of rotatable bonds is 3. The molecule has 0 spiro atoms. The van der Waals surface area contributed by atoms with Crippen LogP contribution in [0.2, 0.25) is 0 Å². The number of carbonyl (C=O) groups excluding carboxylic acids is 1. The molecule has 1 saturated heterocycles. The molecule has 2 aliphatic rings. The van der Waals surface area contributed by atoms with Gasteiger partial charge in [0.15, 0.2) is 5.82 Å². The zero-order valence-corrected chi connectivity index (χ0v) is 14.1. The molecule has 3 rings (SSSR count). The molecule has 24 heavy (non-hydrogen) atoms. The Morgan fingerprint density at radius 2 is 2.08 bits per heavy atom. The number of amides is 1. The molecule has 1 aromatic rings. The Kier molecular flexibility index (Phi) is 4.00. The second-order valence-corrected chi connectivity index (χ2v) is 7.71. The minimum absolute atomic E-state index is 0.238. The molecule has 0 radical (unpaired) electrons. The normalized spacial score (nSPS) is 22.8. The van der Waals surface area contributed by atoms with Crippen LogP contribution in [0.15, 0.2) is 18.2 Å². The highest BCUT2D eigenvalue weighted by atomic mass is 32.2. The number of nitrogens with one attached hydrogen (secondary N) is 1. The van der Waals surface area contributed by atoms with Crippen LogP contribution in [0.1, 0.15) is 18.4 Å². The minimum Gasteiger partial charge on any atom is -0.506 e. The van der Waals surface area contributed by atoms with Gasteiger partial charge in [0.25, 0.3) is 5.91 Å². The lowest BCUT2D eigenvalue weighted by atomic mass is 10.0. The first-order valence-corrected chi connectivity index (χ1v) is 8.85. The number of hydrogen-bond acceptors (Lipinski definition) is 5. The van der Waals surface area contributed by atoms with Crippen molar-refractivity contribution in [3.8, 4) is 5.75 Å². The van der Waals surface area contributed by atoms with Crippen molar-refractivity contribution in [2.24, 2.45) is 0 Å². The predicted molar refractivity (Wildman–Crippen MR) is 87.2 cm³/mol. The Morgan fingerprint density at radius 3 is 2.62 bits per heavy atom. The van der Waals surface area contributed by atoms with Crippen LogP contribution in [0.4, 0.5) is 10.1 Å². The standard InChI is InChI=1S/C15H18FN3O4S/c1-18(2)10-4-3-9(7-10)11-5-6-12(20)15(14(11)16)19-8-13(21)17-24(19,22)23/h3,5-6,10,20H,4,7-8H2,1-2H3,(H,17,21). The van der Waals surface area contributed by atoms with Crippen LogP contribution in [0.5, 0.6) is 5.75 Å². The van der Waals surface area contributed by atoms with Gasteiger partial charge in [0.05, 0.1) is 0 Å². The van der Waals surface area contributed by atoms with Crippen molar-refractivity contribution < 1.29 is 22.7 Å². The second-order valence-electron chi connectivity index (χ2n) is 6.12. The van der Waals surface area contributed by atoms with E-state index in [-0.39, 0.29) is 11.6 Å². The first-order valence-electron chi connectivity index (χ1n) is 7.41. The number of aromatic hydroxyl groups is 1. The molecule has 0 saturated carbocycles. The lowest BCUT2D eigenvalue weighted by molar-refractivity contribution is -0.117. The molecular formula is C15H18FN3O4S. The van der Waals surface area contributed by atoms with Crippen LogP contribution in [0, 0.1) is 5.82 Å². The van der Waals surface area contributed by atoms with Crippen molar-refractivity contribution in [3.05, 3.63) is 29.6 Å². The molecule has 130 valence electrons. The summed E-state index contributed by atoms with van der Waals surface area (Å²) in [7, 11) is -0.315. The summed E-state index contributed by atoms with van der Waals surface area (Å²) in [6, 6.07) is 2.92. The topological polar surface area (TPSA) is 89.9 Å².